The van der Waals surface area contributed by atoms with Gasteiger partial charge in [-0.05, 0) is 77.2 Å². The Kier molecular flexibility index (Phi) is 6.98. The molecular formula is C47H49IrN3O-2. The molecule has 5 heteroatoms. The van der Waals surface area contributed by atoms with Crippen LogP contribution in [-0.2, 0) is 26.5 Å². The largest absolute Gasteiger partial charge is 0.486 e. The Morgan fingerprint density at radius 1 is 0.827 bits per heavy atom. The van der Waals surface area contributed by atoms with Crippen LogP contribution in [0.3, 0.4) is 0 Å². The molecular weight excluding hydrogens is 815 g/mol. The second kappa shape index (κ2) is 16.1. The summed E-state index contributed by atoms with van der Waals surface area (Å²) >= 11 is 0. The molecule has 1 unspecified atom stereocenters. The average molecular weight is 880 g/mol. The minimum atomic E-state index is -2.62. The Labute approximate surface area is 346 Å². The normalized spacial score (nSPS) is 18.7. The Balaban J connectivity index is 0.000000294. The van der Waals surface area contributed by atoms with E-state index in [1.165, 1.54) is 30.5 Å². The van der Waals surface area contributed by atoms with Gasteiger partial charge in [-0.15, -0.1) is 53.1 Å². The summed E-state index contributed by atoms with van der Waals surface area (Å²) in [5, 5.41) is 0.699. The van der Waals surface area contributed by atoms with Crippen molar-refractivity contribution in [3.05, 3.63) is 148 Å². The van der Waals surface area contributed by atoms with Crippen molar-refractivity contribution >= 4 is 22.1 Å². The fraction of sp³-hybridized carbons (Fsp3) is 0.298. The van der Waals surface area contributed by atoms with Gasteiger partial charge in [0, 0.05) is 65.7 Å². The molecule has 7 aromatic rings. The monoisotopic (exact) mass is 880 g/mol. The number of rotatable bonds is 6. The van der Waals surface area contributed by atoms with Gasteiger partial charge in [0.15, 0.2) is 0 Å². The summed E-state index contributed by atoms with van der Waals surface area (Å²) < 4.78 is 135. The molecule has 7 rings (SSSR count). The van der Waals surface area contributed by atoms with Crippen LogP contribution in [0.15, 0.2) is 95.7 Å². The molecule has 0 saturated carbocycles. The maximum absolute atomic E-state index is 9.05. The maximum Gasteiger partial charge on any atom is 0.216 e. The fourth-order valence-electron chi connectivity index (χ4n) is 5.64. The summed E-state index contributed by atoms with van der Waals surface area (Å²) in [5.74, 6) is -2.34. The number of furan rings is 1. The van der Waals surface area contributed by atoms with Crippen LogP contribution in [0.2, 0.25) is 0 Å². The molecule has 3 aromatic carbocycles. The summed E-state index contributed by atoms with van der Waals surface area (Å²) in [6.07, 6.45) is 0.342. The molecule has 0 saturated heterocycles. The van der Waals surface area contributed by atoms with Crippen molar-refractivity contribution in [1.82, 2.24) is 15.0 Å². The SMILES string of the molecule is [2H]C([2H])([2H])c1c[c-]c(-c2cc(C([2H])(C)C)c(C([2H])([2H])[2H])cn2)cc1.[2H]C([2H])([2H])c1cnc(-c2[c-]cc(C([2H])([2H])[2H])c3c2oc2nc(C([2H])(C)c4ccccc4)ccc23)cc1C([2H])([2H])C(C)(C)C.[Ir]. The topological polar surface area (TPSA) is 51.8 Å². The Bertz CT molecular complexity index is 2920. The van der Waals surface area contributed by atoms with Gasteiger partial charge in [-0.2, -0.15) is 0 Å². The van der Waals surface area contributed by atoms with Crippen molar-refractivity contribution in [3.63, 3.8) is 0 Å². The molecule has 0 bridgehead atoms. The van der Waals surface area contributed by atoms with Crippen LogP contribution in [0.1, 0.15) is 120 Å². The van der Waals surface area contributed by atoms with Gasteiger partial charge < -0.3 is 14.4 Å². The number of benzene rings is 3. The Morgan fingerprint density at radius 3 is 2.25 bits per heavy atom. The third kappa shape index (κ3) is 8.60. The number of aromatic nitrogens is 3. The molecule has 269 valence electrons. The summed E-state index contributed by atoms with van der Waals surface area (Å²) in [6.45, 7) is 0.293. The van der Waals surface area contributed by atoms with Crippen molar-refractivity contribution in [2.24, 2.45) is 5.41 Å². The second-order valence-corrected chi connectivity index (χ2v) is 13.5. The standard InChI is InChI=1S/C31H31N2O.C16H18N.Ir/c1-19-12-13-24(27-16-23(17-31(4,5)6)20(2)18-32-27)29-28(19)25-14-15-26(33-30(25)34-29)21(3)22-10-8-7-9-11-22;1-11(2)15-9-16(17-10-13(15)4)14-7-5-12(3)6-8-14;/h7-12,14-16,18,21H,17H2,1-6H3;5-7,9-11H,1-4H3;/q2*-1;/i1D3,2D3,17D2,21D;3D3,4D3,11D;. The maximum atomic E-state index is 9.05. The van der Waals surface area contributed by atoms with E-state index in [2.05, 4.69) is 27.1 Å². The summed E-state index contributed by atoms with van der Waals surface area (Å²) in [4.78, 5) is 13.2. The molecule has 4 heterocycles. The van der Waals surface area contributed by atoms with Gasteiger partial charge in [-0.3, -0.25) is 0 Å². The van der Waals surface area contributed by atoms with E-state index in [4.69, 9.17) is 26.3 Å². The molecule has 1 atom stereocenters. The summed E-state index contributed by atoms with van der Waals surface area (Å²) in [6, 6.07) is 27.1. The molecule has 0 N–H and O–H groups in total. The molecule has 0 aliphatic heterocycles. The zero-order valence-corrected chi connectivity index (χ0v) is 32.1. The van der Waals surface area contributed by atoms with Crippen molar-refractivity contribution < 1.29 is 46.5 Å². The van der Waals surface area contributed by atoms with Gasteiger partial charge in [0.1, 0.15) is 0 Å². The van der Waals surface area contributed by atoms with Crippen LogP contribution >= 0.6 is 0 Å². The first-order valence-corrected chi connectivity index (χ1v) is 16.4. The van der Waals surface area contributed by atoms with Crippen molar-refractivity contribution in [2.75, 3.05) is 0 Å². The Morgan fingerprint density at radius 2 is 1.58 bits per heavy atom. The van der Waals surface area contributed by atoms with Gasteiger partial charge in [-0.25, -0.2) is 4.98 Å². The summed E-state index contributed by atoms with van der Waals surface area (Å²) in [7, 11) is 0. The van der Waals surface area contributed by atoms with Crippen molar-refractivity contribution in [2.45, 2.75) is 87.1 Å². The molecule has 4 aromatic heterocycles. The number of hydrogen-bond donors (Lipinski definition) is 0. The number of hydrogen-bond acceptors (Lipinski definition) is 4. The van der Waals surface area contributed by atoms with Crippen molar-refractivity contribution in [3.8, 4) is 22.5 Å². The predicted octanol–water partition coefficient (Wildman–Crippen LogP) is 12.5. The van der Waals surface area contributed by atoms with E-state index in [0.717, 1.165) is 6.20 Å². The molecule has 0 fully saturated rings. The summed E-state index contributed by atoms with van der Waals surface area (Å²) in [5.41, 5.74) is 2.12. The number of fused-ring (bicyclic) bond motifs is 3. The molecule has 0 aliphatic rings. The van der Waals surface area contributed by atoms with Crippen LogP contribution < -0.4 is 0 Å². The molecule has 1 radical (unpaired) electrons. The fourth-order valence-corrected chi connectivity index (χ4v) is 5.64. The third-order valence-corrected chi connectivity index (χ3v) is 8.20. The predicted molar refractivity (Wildman–Crippen MR) is 212 cm³/mol. The minimum absolute atomic E-state index is 0. The van der Waals surface area contributed by atoms with Crippen LogP contribution in [0.25, 0.3) is 44.6 Å². The first kappa shape index (κ1) is 22.6. The van der Waals surface area contributed by atoms with E-state index in [9.17, 15) is 0 Å². The average Bonchev–Trinajstić information content (AvgIpc) is 3.60. The van der Waals surface area contributed by atoms with E-state index in [-0.39, 0.29) is 75.9 Å². The van der Waals surface area contributed by atoms with Crippen LogP contribution in [0.4, 0.5) is 0 Å². The van der Waals surface area contributed by atoms with Gasteiger partial charge >= 0.3 is 0 Å². The van der Waals surface area contributed by atoms with E-state index in [0.29, 0.717) is 33.5 Å². The zero-order valence-electron chi connectivity index (χ0n) is 45.7. The van der Waals surface area contributed by atoms with Crippen LogP contribution in [-0.4, -0.2) is 15.0 Å². The first-order chi connectivity index (χ1) is 30.5. The smallest absolute Gasteiger partial charge is 0.216 e. The molecule has 4 nitrogen and oxygen atoms in total. The van der Waals surface area contributed by atoms with Gasteiger partial charge in [0.2, 0.25) is 5.71 Å². The minimum Gasteiger partial charge on any atom is -0.486 e. The zero-order chi connectivity index (χ0) is 50.1. The number of pyridine rings is 3. The van der Waals surface area contributed by atoms with Gasteiger partial charge in [-0.1, -0.05) is 114 Å². The van der Waals surface area contributed by atoms with Gasteiger partial charge in [0.25, 0.3) is 0 Å². The van der Waals surface area contributed by atoms with Crippen LogP contribution in [0.5, 0.6) is 0 Å². The Hall–Kier alpha value is -4.44. The molecule has 52 heavy (non-hydrogen) atoms. The number of aryl methyl sites for hydroxylation is 4. The van der Waals surface area contributed by atoms with Gasteiger partial charge in [0.05, 0.1) is 11.3 Å². The van der Waals surface area contributed by atoms with E-state index < -0.39 is 51.0 Å². The van der Waals surface area contributed by atoms with E-state index in [1.807, 2.05) is 30.3 Å². The first-order valence-electron chi connectivity index (χ1n) is 24.4. The molecule has 0 amide bonds. The van der Waals surface area contributed by atoms with Crippen LogP contribution in [0, 0.1) is 45.0 Å². The quantitative estimate of drug-likeness (QED) is 0.156. The third-order valence-electron chi connectivity index (χ3n) is 8.20. The van der Waals surface area contributed by atoms with E-state index in [1.54, 1.807) is 65.8 Å². The van der Waals surface area contributed by atoms with E-state index >= 15 is 0 Å². The number of nitrogens with zero attached hydrogens (tertiary/aromatic N) is 3. The molecule has 0 spiro atoms. The van der Waals surface area contributed by atoms with Crippen molar-refractivity contribution in [1.29, 1.82) is 0 Å². The molecule has 0 aliphatic carbocycles. The second-order valence-electron chi connectivity index (χ2n) is 13.5.